The molecule has 0 amide bonds. The summed E-state index contributed by atoms with van der Waals surface area (Å²) in [6.07, 6.45) is 3.82. The standard InChI is InChI=1S/C16H24O2/c1-13(2)16(3,15(17)18)12-8-7-11-14-9-5-4-6-10-14/h4-6,9-10,13H,7-8,11-12H2,1-3H3,(H,17,18). The van der Waals surface area contributed by atoms with Crippen LogP contribution in [-0.4, -0.2) is 11.1 Å². The smallest absolute Gasteiger partial charge is 0.309 e. The van der Waals surface area contributed by atoms with Gasteiger partial charge in [0.2, 0.25) is 0 Å². The summed E-state index contributed by atoms with van der Waals surface area (Å²) in [7, 11) is 0. The highest BCUT2D eigenvalue weighted by molar-refractivity contribution is 5.74. The molecule has 0 aliphatic heterocycles. The molecule has 0 aliphatic rings. The Balaban J connectivity index is 2.39. The summed E-state index contributed by atoms with van der Waals surface area (Å²) in [5, 5.41) is 9.32. The molecular weight excluding hydrogens is 224 g/mol. The van der Waals surface area contributed by atoms with Crippen molar-refractivity contribution in [1.82, 2.24) is 0 Å². The highest BCUT2D eigenvalue weighted by Crippen LogP contribution is 2.33. The largest absolute Gasteiger partial charge is 0.481 e. The van der Waals surface area contributed by atoms with Gasteiger partial charge in [-0.2, -0.15) is 0 Å². The summed E-state index contributed by atoms with van der Waals surface area (Å²) in [6.45, 7) is 5.85. The summed E-state index contributed by atoms with van der Waals surface area (Å²) in [5.41, 5.74) is 0.746. The van der Waals surface area contributed by atoms with E-state index < -0.39 is 11.4 Å². The van der Waals surface area contributed by atoms with Gasteiger partial charge < -0.3 is 5.11 Å². The molecular formula is C16H24O2. The Labute approximate surface area is 110 Å². The van der Waals surface area contributed by atoms with E-state index in [4.69, 9.17) is 0 Å². The Morgan fingerprint density at radius 2 is 1.83 bits per heavy atom. The van der Waals surface area contributed by atoms with E-state index in [1.54, 1.807) is 0 Å². The molecule has 2 nitrogen and oxygen atoms in total. The van der Waals surface area contributed by atoms with Crippen molar-refractivity contribution in [2.45, 2.75) is 46.5 Å². The second-order valence-corrected chi connectivity index (χ2v) is 5.57. The lowest BCUT2D eigenvalue weighted by molar-refractivity contribution is -0.151. The van der Waals surface area contributed by atoms with Gasteiger partial charge in [0.05, 0.1) is 5.41 Å². The van der Waals surface area contributed by atoms with Crippen LogP contribution in [-0.2, 0) is 11.2 Å². The minimum Gasteiger partial charge on any atom is -0.481 e. The molecule has 0 radical (unpaired) electrons. The first-order chi connectivity index (χ1) is 8.47. The summed E-state index contributed by atoms with van der Waals surface area (Å²) in [5.74, 6) is -0.496. The fourth-order valence-corrected chi connectivity index (χ4v) is 2.11. The Kier molecular flexibility index (Phi) is 5.39. The zero-order valence-corrected chi connectivity index (χ0v) is 11.6. The van der Waals surface area contributed by atoms with Crippen molar-refractivity contribution in [3.63, 3.8) is 0 Å². The number of aryl methyl sites for hydroxylation is 1. The minimum atomic E-state index is -0.669. The molecule has 100 valence electrons. The van der Waals surface area contributed by atoms with Gasteiger partial charge in [0, 0.05) is 0 Å². The number of carboxylic acids is 1. The molecule has 0 aromatic heterocycles. The lowest BCUT2D eigenvalue weighted by atomic mass is 9.75. The normalized spacial score (nSPS) is 14.4. The molecule has 1 rings (SSSR count). The number of aliphatic carboxylic acids is 1. The number of hydrogen-bond donors (Lipinski definition) is 1. The molecule has 18 heavy (non-hydrogen) atoms. The molecule has 1 aromatic carbocycles. The zero-order valence-electron chi connectivity index (χ0n) is 11.6. The van der Waals surface area contributed by atoms with E-state index in [0.29, 0.717) is 0 Å². The van der Waals surface area contributed by atoms with E-state index in [-0.39, 0.29) is 5.92 Å². The monoisotopic (exact) mass is 248 g/mol. The molecule has 0 heterocycles. The maximum atomic E-state index is 11.3. The Bertz CT molecular complexity index is 370. The summed E-state index contributed by atoms with van der Waals surface area (Å²) in [6, 6.07) is 10.4. The number of carbonyl (C=O) groups is 1. The number of unbranched alkanes of at least 4 members (excludes halogenated alkanes) is 1. The Morgan fingerprint density at radius 1 is 1.22 bits per heavy atom. The first-order valence-corrected chi connectivity index (χ1v) is 6.74. The summed E-state index contributed by atoms with van der Waals surface area (Å²) >= 11 is 0. The lowest BCUT2D eigenvalue weighted by Gasteiger charge is -2.29. The van der Waals surface area contributed by atoms with Crippen molar-refractivity contribution < 1.29 is 9.90 Å². The number of rotatable bonds is 7. The third-order valence-corrected chi connectivity index (χ3v) is 4.02. The van der Waals surface area contributed by atoms with E-state index >= 15 is 0 Å². The van der Waals surface area contributed by atoms with Crippen LogP contribution in [0.4, 0.5) is 0 Å². The van der Waals surface area contributed by atoms with Crippen LogP contribution in [0.2, 0.25) is 0 Å². The number of benzene rings is 1. The van der Waals surface area contributed by atoms with Gasteiger partial charge in [0.1, 0.15) is 0 Å². The van der Waals surface area contributed by atoms with Gasteiger partial charge in [0.25, 0.3) is 0 Å². The average Bonchev–Trinajstić information content (AvgIpc) is 2.35. The Hall–Kier alpha value is -1.31. The van der Waals surface area contributed by atoms with Crippen LogP contribution in [0, 0.1) is 11.3 Å². The summed E-state index contributed by atoms with van der Waals surface area (Å²) in [4.78, 5) is 11.3. The van der Waals surface area contributed by atoms with Crippen molar-refractivity contribution >= 4 is 5.97 Å². The van der Waals surface area contributed by atoms with Crippen molar-refractivity contribution in [3.05, 3.63) is 35.9 Å². The van der Waals surface area contributed by atoms with Crippen molar-refractivity contribution in [1.29, 1.82) is 0 Å². The van der Waals surface area contributed by atoms with E-state index in [1.165, 1.54) is 5.56 Å². The predicted octanol–water partition coefficient (Wildman–Crippen LogP) is 4.15. The molecule has 1 aromatic rings. The minimum absolute atomic E-state index is 0.173. The molecule has 0 fully saturated rings. The van der Waals surface area contributed by atoms with Gasteiger partial charge >= 0.3 is 5.97 Å². The third-order valence-electron chi connectivity index (χ3n) is 4.02. The zero-order chi connectivity index (χ0) is 13.6. The van der Waals surface area contributed by atoms with E-state index in [9.17, 15) is 9.90 Å². The molecule has 2 heteroatoms. The third kappa shape index (κ3) is 3.86. The highest BCUT2D eigenvalue weighted by Gasteiger charge is 2.35. The van der Waals surface area contributed by atoms with Crippen LogP contribution in [0.1, 0.15) is 45.6 Å². The molecule has 0 spiro atoms. The fraction of sp³-hybridized carbons (Fsp3) is 0.562. The maximum Gasteiger partial charge on any atom is 0.309 e. The molecule has 0 aliphatic carbocycles. The molecule has 0 bridgehead atoms. The van der Waals surface area contributed by atoms with Crippen LogP contribution in [0.25, 0.3) is 0 Å². The number of hydrogen-bond acceptors (Lipinski definition) is 1. The highest BCUT2D eigenvalue weighted by atomic mass is 16.4. The maximum absolute atomic E-state index is 11.3. The second-order valence-electron chi connectivity index (χ2n) is 5.57. The van der Waals surface area contributed by atoms with Crippen molar-refractivity contribution in [2.24, 2.45) is 11.3 Å². The first kappa shape index (κ1) is 14.7. The van der Waals surface area contributed by atoms with E-state index in [0.717, 1.165) is 25.7 Å². The van der Waals surface area contributed by atoms with Crippen LogP contribution < -0.4 is 0 Å². The van der Waals surface area contributed by atoms with E-state index in [1.807, 2.05) is 39.0 Å². The fourth-order valence-electron chi connectivity index (χ4n) is 2.11. The van der Waals surface area contributed by atoms with E-state index in [2.05, 4.69) is 12.1 Å². The van der Waals surface area contributed by atoms with Gasteiger partial charge in [-0.1, -0.05) is 50.6 Å². The van der Waals surface area contributed by atoms with Crippen LogP contribution in [0.15, 0.2) is 30.3 Å². The molecule has 1 N–H and O–H groups in total. The van der Waals surface area contributed by atoms with Gasteiger partial charge in [0.15, 0.2) is 0 Å². The quantitative estimate of drug-likeness (QED) is 0.736. The topological polar surface area (TPSA) is 37.3 Å². The van der Waals surface area contributed by atoms with Crippen molar-refractivity contribution in [2.75, 3.05) is 0 Å². The van der Waals surface area contributed by atoms with Crippen molar-refractivity contribution in [3.8, 4) is 0 Å². The SMILES string of the molecule is CC(C)C(C)(CCCCc1ccccc1)C(=O)O. The predicted molar refractivity (Wildman–Crippen MR) is 74.6 cm³/mol. The van der Waals surface area contributed by atoms with Crippen LogP contribution >= 0.6 is 0 Å². The molecule has 1 atom stereocenters. The van der Waals surface area contributed by atoms with Gasteiger partial charge in [-0.3, -0.25) is 4.79 Å². The Morgan fingerprint density at radius 3 is 2.33 bits per heavy atom. The van der Waals surface area contributed by atoms with Gasteiger partial charge in [-0.05, 0) is 37.7 Å². The molecule has 1 unspecified atom stereocenters. The summed E-state index contributed by atoms with van der Waals surface area (Å²) < 4.78 is 0. The van der Waals surface area contributed by atoms with Gasteiger partial charge in [-0.25, -0.2) is 0 Å². The molecule has 0 saturated carbocycles. The van der Waals surface area contributed by atoms with Crippen LogP contribution in [0.5, 0.6) is 0 Å². The molecule has 0 saturated heterocycles. The number of carboxylic acid groups (broad SMARTS) is 1. The van der Waals surface area contributed by atoms with Crippen LogP contribution in [0.3, 0.4) is 0 Å². The van der Waals surface area contributed by atoms with Gasteiger partial charge in [-0.15, -0.1) is 0 Å². The lowest BCUT2D eigenvalue weighted by Crippen LogP contribution is -2.33. The first-order valence-electron chi connectivity index (χ1n) is 6.74. The average molecular weight is 248 g/mol. The second kappa shape index (κ2) is 6.58.